The lowest BCUT2D eigenvalue weighted by molar-refractivity contribution is 0.0526. The van der Waals surface area contributed by atoms with Crippen LogP contribution < -0.4 is 10.6 Å². The molecular weight excluding hydrogens is 349 g/mol. The molecule has 7 nitrogen and oxygen atoms in total. The fourth-order valence-corrected chi connectivity index (χ4v) is 2.27. The van der Waals surface area contributed by atoms with Crippen molar-refractivity contribution >= 4 is 23.4 Å². The summed E-state index contributed by atoms with van der Waals surface area (Å²) in [6.07, 6.45) is 1.50. The van der Waals surface area contributed by atoms with E-state index < -0.39 is 0 Å². The first-order valence-corrected chi connectivity index (χ1v) is 8.36. The van der Waals surface area contributed by atoms with E-state index in [1.165, 1.54) is 18.3 Å². The maximum absolute atomic E-state index is 12.9. The summed E-state index contributed by atoms with van der Waals surface area (Å²) >= 11 is 0. The van der Waals surface area contributed by atoms with Gasteiger partial charge < -0.3 is 15.4 Å². The highest BCUT2D eigenvalue weighted by Gasteiger charge is 2.07. The lowest BCUT2D eigenvalue weighted by atomic mass is 10.2. The molecule has 0 atom stereocenters. The van der Waals surface area contributed by atoms with Gasteiger partial charge in [0.05, 0.1) is 18.4 Å². The Morgan fingerprint density at radius 1 is 1.11 bits per heavy atom. The maximum Gasteiger partial charge on any atom is 0.338 e. The third-order valence-corrected chi connectivity index (χ3v) is 3.60. The normalized spacial score (nSPS) is 10.3. The number of nitrogens with one attached hydrogen (secondary N) is 2. The molecule has 0 amide bonds. The van der Waals surface area contributed by atoms with Crippen molar-refractivity contribution in [2.45, 2.75) is 13.5 Å². The summed E-state index contributed by atoms with van der Waals surface area (Å²) in [5.74, 6) is 0.194. The first-order chi connectivity index (χ1) is 13.1. The molecule has 138 valence electrons. The minimum Gasteiger partial charge on any atom is -0.462 e. The van der Waals surface area contributed by atoms with E-state index in [1.807, 2.05) is 0 Å². The Labute approximate surface area is 155 Å². The Balaban J connectivity index is 1.61. The van der Waals surface area contributed by atoms with Crippen LogP contribution in [0.25, 0.3) is 0 Å². The molecule has 0 saturated carbocycles. The van der Waals surface area contributed by atoms with Crippen molar-refractivity contribution in [3.63, 3.8) is 0 Å². The van der Waals surface area contributed by atoms with Crippen LogP contribution >= 0.6 is 0 Å². The van der Waals surface area contributed by atoms with Gasteiger partial charge in [0.15, 0.2) is 5.82 Å². The minimum absolute atomic E-state index is 0.275. The van der Waals surface area contributed by atoms with Crippen LogP contribution in [0.4, 0.5) is 21.8 Å². The maximum atomic E-state index is 12.9. The number of halogens is 1. The van der Waals surface area contributed by atoms with Crippen LogP contribution in [0.1, 0.15) is 22.8 Å². The monoisotopic (exact) mass is 367 g/mol. The zero-order chi connectivity index (χ0) is 19.1. The number of anilines is 3. The van der Waals surface area contributed by atoms with Crippen molar-refractivity contribution in [1.29, 1.82) is 0 Å². The average molecular weight is 367 g/mol. The van der Waals surface area contributed by atoms with Crippen LogP contribution in [-0.2, 0) is 11.3 Å². The van der Waals surface area contributed by atoms with Crippen molar-refractivity contribution in [3.05, 3.63) is 71.7 Å². The zero-order valence-electron chi connectivity index (χ0n) is 14.6. The van der Waals surface area contributed by atoms with E-state index in [0.717, 1.165) is 5.56 Å². The second-order valence-corrected chi connectivity index (χ2v) is 5.57. The fourth-order valence-electron chi connectivity index (χ4n) is 2.27. The van der Waals surface area contributed by atoms with Gasteiger partial charge >= 0.3 is 5.97 Å². The fraction of sp³-hybridized carbons (Fsp3) is 0.158. The number of hydrogen-bond acceptors (Lipinski definition) is 7. The molecule has 0 bridgehead atoms. The van der Waals surface area contributed by atoms with Gasteiger partial charge in [-0.05, 0) is 48.9 Å². The lowest BCUT2D eigenvalue weighted by Gasteiger charge is -2.08. The van der Waals surface area contributed by atoms with Gasteiger partial charge in [0.1, 0.15) is 5.82 Å². The van der Waals surface area contributed by atoms with E-state index in [1.54, 1.807) is 43.3 Å². The standard InChI is InChI=1S/C19H18FN5O2/c1-2-27-18(26)14-5-9-16(10-6-14)23-19-24-17(12-22-25-19)21-11-13-3-7-15(20)8-4-13/h3-10,12H,2,11H2,1H3,(H2,21,23,24,25). The molecule has 1 heterocycles. The van der Waals surface area contributed by atoms with Crippen molar-refractivity contribution in [2.75, 3.05) is 17.2 Å². The summed E-state index contributed by atoms with van der Waals surface area (Å²) in [5.41, 5.74) is 2.09. The van der Waals surface area contributed by atoms with Crippen LogP contribution in [0.15, 0.2) is 54.7 Å². The number of ether oxygens (including phenoxy) is 1. The van der Waals surface area contributed by atoms with Gasteiger partial charge in [-0.15, -0.1) is 5.10 Å². The van der Waals surface area contributed by atoms with E-state index in [-0.39, 0.29) is 11.8 Å². The molecule has 1 aromatic heterocycles. The highest BCUT2D eigenvalue weighted by molar-refractivity contribution is 5.89. The van der Waals surface area contributed by atoms with E-state index in [0.29, 0.717) is 36.2 Å². The van der Waals surface area contributed by atoms with Gasteiger partial charge in [-0.25, -0.2) is 9.18 Å². The number of hydrogen-bond donors (Lipinski definition) is 2. The molecule has 2 aromatic carbocycles. The number of rotatable bonds is 7. The molecule has 27 heavy (non-hydrogen) atoms. The Hall–Kier alpha value is -3.55. The number of carbonyl (C=O) groups excluding carboxylic acids is 1. The predicted molar refractivity (Wildman–Crippen MR) is 99.2 cm³/mol. The van der Waals surface area contributed by atoms with E-state index in [9.17, 15) is 9.18 Å². The molecule has 8 heteroatoms. The second kappa shape index (κ2) is 8.70. The molecule has 0 aliphatic heterocycles. The van der Waals surface area contributed by atoms with Gasteiger partial charge in [0.25, 0.3) is 0 Å². The van der Waals surface area contributed by atoms with E-state index >= 15 is 0 Å². The minimum atomic E-state index is -0.367. The Morgan fingerprint density at radius 3 is 2.56 bits per heavy atom. The van der Waals surface area contributed by atoms with E-state index in [4.69, 9.17) is 4.74 Å². The molecule has 3 aromatic rings. The highest BCUT2D eigenvalue weighted by Crippen LogP contribution is 2.15. The van der Waals surface area contributed by atoms with E-state index in [2.05, 4.69) is 25.8 Å². The smallest absolute Gasteiger partial charge is 0.338 e. The van der Waals surface area contributed by atoms with Gasteiger partial charge in [-0.3, -0.25) is 0 Å². The summed E-state index contributed by atoms with van der Waals surface area (Å²) in [6.45, 7) is 2.57. The summed E-state index contributed by atoms with van der Waals surface area (Å²) in [6, 6.07) is 13.0. The molecule has 0 unspecified atom stereocenters. The Kier molecular flexibility index (Phi) is 5.88. The summed E-state index contributed by atoms with van der Waals surface area (Å²) in [7, 11) is 0. The number of esters is 1. The van der Waals surface area contributed by atoms with Crippen molar-refractivity contribution in [2.24, 2.45) is 0 Å². The van der Waals surface area contributed by atoms with Crippen molar-refractivity contribution in [1.82, 2.24) is 15.2 Å². The third-order valence-electron chi connectivity index (χ3n) is 3.60. The number of benzene rings is 2. The van der Waals surface area contributed by atoms with Crippen LogP contribution in [0, 0.1) is 5.82 Å². The number of nitrogens with zero attached hydrogens (tertiary/aromatic N) is 3. The topological polar surface area (TPSA) is 89.0 Å². The molecule has 0 fully saturated rings. The van der Waals surface area contributed by atoms with Crippen LogP contribution in [0.5, 0.6) is 0 Å². The first-order valence-electron chi connectivity index (χ1n) is 8.36. The zero-order valence-corrected chi connectivity index (χ0v) is 14.6. The third kappa shape index (κ3) is 5.21. The van der Waals surface area contributed by atoms with Crippen LogP contribution in [0.3, 0.4) is 0 Å². The summed E-state index contributed by atoms with van der Waals surface area (Å²) < 4.78 is 17.9. The van der Waals surface area contributed by atoms with Crippen molar-refractivity contribution in [3.8, 4) is 0 Å². The van der Waals surface area contributed by atoms with Crippen LogP contribution in [-0.4, -0.2) is 27.8 Å². The summed E-state index contributed by atoms with van der Waals surface area (Å²) in [4.78, 5) is 16.0. The number of carbonyl (C=O) groups is 1. The molecule has 0 spiro atoms. The largest absolute Gasteiger partial charge is 0.462 e. The molecule has 0 aliphatic carbocycles. The van der Waals surface area contributed by atoms with Gasteiger partial charge in [-0.2, -0.15) is 10.1 Å². The molecule has 0 aliphatic rings. The quantitative estimate of drug-likeness (QED) is 0.617. The summed E-state index contributed by atoms with van der Waals surface area (Å²) in [5, 5.41) is 14.0. The molecular formula is C19H18FN5O2. The lowest BCUT2D eigenvalue weighted by Crippen LogP contribution is -2.06. The predicted octanol–water partition coefficient (Wildman–Crippen LogP) is 3.54. The molecule has 0 radical (unpaired) electrons. The average Bonchev–Trinajstić information content (AvgIpc) is 2.69. The number of aromatic nitrogens is 3. The SMILES string of the molecule is CCOC(=O)c1ccc(Nc2nncc(NCc3ccc(F)cc3)n2)cc1. The Morgan fingerprint density at radius 2 is 1.85 bits per heavy atom. The van der Waals surface area contributed by atoms with Crippen LogP contribution in [0.2, 0.25) is 0 Å². The molecule has 0 saturated heterocycles. The second-order valence-electron chi connectivity index (χ2n) is 5.57. The molecule has 3 rings (SSSR count). The molecule has 2 N–H and O–H groups in total. The Bertz CT molecular complexity index is 901. The highest BCUT2D eigenvalue weighted by atomic mass is 19.1. The van der Waals surface area contributed by atoms with Gasteiger partial charge in [0.2, 0.25) is 5.95 Å². The van der Waals surface area contributed by atoms with Gasteiger partial charge in [0, 0.05) is 12.2 Å². The first kappa shape index (κ1) is 18.2. The van der Waals surface area contributed by atoms with Crippen molar-refractivity contribution < 1.29 is 13.9 Å². The van der Waals surface area contributed by atoms with Gasteiger partial charge in [-0.1, -0.05) is 12.1 Å².